The van der Waals surface area contributed by atoms with Crippen LogP contribution in [0.5, 0.6) is 11.5 Å². The molecule has 0 saturated heterocycles. The molecule has 0 fully saturated rings. The van der Waals surface area contributed by atoms with Gasteiger partial charge in [0, 0.05) is 7.11 Å². The summed E-state index contributed by atoms with van der Waals surface area (Å²) in [5.41, 5.74) is 2.29. The first-order valence-electron chi connectivity index (χ1n) is 7.27. The second-order valence-corrected chi connectivity index (χ2v) is 5.03. The summed E-state index contributed by atoms with van der Waals surface area (Å²) in [7, 11) is 1.61. The van der Waals surface area contributed by atoms with Gasteiger partial charge >= 0.3 is 0 Å². The first-order chi connectivity index (χ1) is 10.3. The number of rotatable bonds is 8. The summed E-state index contributed by atoms with van der Waals surface area (Å²) in [6.07, 6.45) is 4.06. The van der Waals surface area contributed by atoms with E-state index in [1.807, 2.05) is 30.3 Å². The lowest BCUT2D eigenvalue weighted by Gasteiger charge is -2.07. The van der Waals surface area contributed by atoms with Crippen molar-refractivity contribution in [3.8, 4) is 11.5 Å². The second kappa shape index (κ2) is 8.32. The Hall–Kier alpha value is -2.00. The van der Waals surface area contributed by atoms with Crippen molar-refractivity contribution in [2.45, 2.75) is 25.7 Å². The highest BCUT2D eigenvalue weighted by atomic mass is 16.7. The van der Waals surface area contributed by atoms with Gasteiger partial charge in [-0.25, -0.2) is 0 Å². The lowest BCUT2D eigenvalue weighted by Crippen LogP contribution is -1.99. The van der Waals surface area contributed by atoms with E-state index in [-0.39, 0.29) is 6.79 Å². The molecule has 1 N–H and O–H groups in total. The van der Waals surface area contributed by atoms with Gasteiger partial charge in [0.2, 0.25) is 0 Å². The third kappa shape index (κ3) is 5.12. The molecular formula is C18H22O3. The van der Waals surface area contributed by atoms with E-state index in [4.69, 9.17) is 9.47 Å². The molecule has 2 aromatic rings. The fraction of sp³-hybridized carbons (Fsp3) is 0.333. The van der Waals surface area contributed by atoms with Crippen LogP contribution in [0.2, 0.25) is 0 Å². The number of phenols is 1. The molecule has 0 bridgehead atoms. The van der Waals surface area contributed by atoms with Crippen LogP contribution in [0.25, 0.3) is 0 Å². The number of ether oxygens (including phenoxy) is 2. The summed E-state index contributed by atoms with van der Waals surface area (Å²) in [6.45, 7) is 0.275. The van der Waals surface area contributed by atoms with Crippen molar-refractivity contribution < 1.29 is 14.6 Å². The van der Waals surface area contributed by atoms with E-state index < -0.39 is 0 Å². The predicted octanol–water partition coefficient (Wildman–Crippen LogP) is 3.94. The molecule has 3 nitrogen and oxygen atoms in total. The van der Waals surface area contributed by atoms with Crippen molar-refractivity contribution in [2.24, 2.45) is 0 Å². The van der Waals surface area contributed by atoms with Gasteiger partial charge in [0.15, 0.2) is 6.79 Å². The van der Waals surface area contributed by atoms with Gasteiger partial charge in [0.25, 0.3) is 0 Å². The molecule has 21 heavy (non-hydrogen) atoms. The molecule has 2 rings (SSSR count). The highest BCUT2D eigenvalue weighted by Crippen LogP contribution is 2.19. The van der Waals surface area contributed by atoms with E-state index in [1.165, 1.54) is 5.56 Å². The van der Waals surface area contributed by atoms with Crippen LogP contribution in [0, 0.1) is 0 Å². The summed E-state index contributed by atoms with van der Waals surface area (Å²) in [6, 6.07) is 15.6. The topological polar surface area (TPSA) is 38.7 Å². The predicted molar refractivity (Wildman–Crippen MR) is 83.7 cm³/mol. The fourth-order valence-electron chi connectivity index (χ4n) is 2.28. The molecule has 0 unspecified atom stereocenters. The van der Waals surface area contributed by atoms with Gasteiger partial charge in [-0.2, -0.15) is 0 Å². The number of hydrogen-bond acceptors (Lipinski definition) is 3. The lowest BCUT2D eigenvalue weighted by molar-refractivity contribution is 0.0511. The molecule has 0 heterocycles. The van der Waals surface area contributed by atoms with E-state index >= 15 is 0 Å². The maximum Gasteiger partial charge on any atom is 0.188 e. The number of aromatic hydroxyl groups is 1. The Morgan fingerprint density at radius 1 is 0.952 bits per heavy atom. The Labute approximate surface area is 126 Å². The van der Waals surface area contributed by atoms with Crippen LogP contribution < -0.4 is 4.74 Å². The van der Waals surface area contributed by atoms with E-state index in [1.54, 1.807) is 13.2 Å². The molecule has 0 aromatic heterocycles. The molecule has 0 spiro atoms. The highest BCUT2D eigenvalue weighted by Gasteiger charge is 2.01. The maximum atomic E-state index is 9.72. The monoisotopic (exact) mass is 286 g/mol. The molecular weight excluding hydrogens is 264 g/mol. The summed E-state index contributed by atoms with van der Waals surface area (Å²) in [4.78, 5) is 0. The standard InChI is InChI=1S/C18H22O3/c1-20-14-21-17-11-6-8-15(13-17)7-2-3-9-16-10-4-5-12-18(16)19/h4-6,8,10-13,19H,2-3,7,9,14H2,1H3. The average molecular weight is 286 g/mol. The Balaban J connectivity index is 1.77. The number of aryl methyl sites for hydroxylation is 2. The molecule has 0 atom stereocenters. The first-order valence-corrected chi connectivity index (χ1v) is 7.27. The molecule has 3 heteroatoms. The summed E-state index contributed by atoms with van der Waals surface area (Å²) in [5, 5.41) is 9.72. The van der Waals surface area contributed by atoms with Gasteiger partial charge < -0.3 is 14.6 Å². The first kappa shape index (κ1) is 15.4. The van der Waals surface area contributed by atoms with Crippen molar-refractivity contribution in [1.29, 1.82) is 0 Å². The number of methoxy groups -OCH3 is 1. The molecule has 0 aliphatic carbocycles. The van der Waals surface area contributed by atoms with E-state index in [0.29, 0.717) is 5.75 Å². The van der Waals surface area contributed by atoms with Crippen LogP contribution >= 0.6 is 0 Å². The quantitative estimate of drug-likeness (QED) is 0.590. The third-order valence-corrected chi connectivity index (χ3v) is 3.40. The summed E-state index contributed by atoms with van der Waals surface area (Å²) in [5.74, 6) is 1.24. The largest absolute Gasteiger partial charge is 0.508 e. The molecule has 0 aliphatic rings. The minimum atomic E-state index is 0.275. The van der Waals surface area contributed by atoms with Crippen LogP contribution in [0.15, 0.2) is 48.5 Å². The van der Waals surface area contributed by atoms with Crippen molar-refractivity contribution in [3.63, 3.8) is 0 Å². The molecule has 0 amide bonds. The van der Waals surface area contributed by atoms with Crippen LogP contribution in [0.3, 0.4) is 0 Å². The Morgan fingerprint density at radius 3 is 2.57 bits per heavy atom. The van der Waals surface area contributed by atoms with Crippen molar-refractivity contribution in [2.75, 3.05) is 13.9 Å². The number of phenolic OH excluding ortho intramolecular Hbond substituents is 1. The molecule has 0 radical (unpaired) electrons. The fourth-order valence-corrected chi connectivity index (χ4v) is 2.28. The van der Waals surface area contributed by atoms with Gasteiger partial charge in [0.1, 0.15) is 11.5 Å². The van der Waals surface area contributed by atoms with E-state index in [2.05, 4.69) is 12.1 Å². The molecule has 112 valence electrons. The van der Waals surface area contributed by atoms with Gasteiger partial charge in [-0.05, 0) is 55.0 Å². The van der Waals surface area contributed by atoms with Crippen LogP contribution in [0.1, 0.15) is 24.0 Å². The molecule has 0 aliphatic heterocycles. The zero-order valence-corrected chi connectivity index (χ0v) is 12.4. The SMILES string of the molecule is COCOc1cccc(CCCCc2ccccc2O)c1. The highest BCUT2D eigenvalue weighted by molar-refractivity contribution is 5.32. The van der Waals surface area contributed by atoms with Crippen LogP contribution in [-0.4, -0.2) is 19.0 Å². The Bertz CT molecular complexity index is 552. The van der Waals surface area contributed by atoms with Crippen molar-refractivity contribution >= 4 is 0 Å². The average Bonchev–Trinajstić information content (AvgIpc) is 2.51. The minimum absolute atomic E-state index is 0.275. The van der Waals surface area contributed by atoms with Crippen molar-refractivity contribution in [3.05, 3.63) is 59.7 Å². The van der Waals surface area contributed by atoms with E-state index in [0.717, 1.165) is 37.0 Å². The molecule has 0 saturated carbocycles. The number of hydrogen-bond donors (Lipinski definition) is 1. The second-order valence-electron chi connectivity index (χ2n) is 5.03. The Morgan fingerprint density at radius 2 is 1.76 bits per heavy atom. The van der Waals surface area contributed by atoms with Crippen molar-refractivity contribution in [1.82, 2.24) is 0 Å². The number of para-hydroxylation sites is 1. The summed E-state index contributed by atoms with van der Waals surface area (Å²) >= 11 is 0. The van der Waals surface area contributed by atoms with Gasteiger partial charge in [-0.3, -0.25) is 0 Å². The zero-order valence-electron chi connectivity index (χ0n) is 12.4. The summed E-state index contributed by atoms with van der Waals surface area (Å²) < 4.78 is 10.3. The van der Waals surface area contributed by atoms with Gasteiger partial charge in [0.05, 0.1) is 0 Å². The third-order valence-electron chi connectivity index (χ3n) is 3.40. The maximum absolute atomic E-state index is 9.72. The molecule has 2 aromatic carbocycles. The Kier molecular flexibility index (Phi) is 6.10. The lowest BCUT2D eigenvalue weighted by atomic mass is 10.0. The number of benzene rings is 2. The zero-order chi connectivity index (χ0) is 14.9. The normalized spacial score (nSPS) is 10.5. The van der Waals surface area contributed by atoms with Gasteiger partial charge in [-0.1, -0.05) is 30.3 Å². The van der Waals surface area contributed by atoms with Crippen LogP contribution in [0.4, 0.5) is 0 Å². The number of unbranched alkanes of at least 4 members (excludes halogenated alkanes) is 1. The van der Waals surface area contributed by atoms with Crippen LogP contribution in [-0.2, 0) is 17.6 Å². The van der Waals surface area contributed by atoms with E-state index in [9.17, 15) is 5.11 Å². The van der Waals surface area contributed by atoms with Gasteiger partial charge in [-0.15, -0.1) is 0 Å². The smallest absolute Gasteiger partial charge is 0.188 e. The minimum Gasteiger partial charge on any atom is -0.508 e.